The van der Waals surface area contributed by atoms with Gasteiger partial charge in [-0.25, -0.2) is 9.55 Å². The quantitative estimate of drug-likeness (QED) is 0.484. The van der Waals surface area contributed by atoms with Crippen LogP contribution in [0.5, 0.6) is 0 Å². The minimum atomic E-state index is -0.264. The summed E-state index contributed by atoms with van der Waals surface area (Å²) in [6, 6.07) is 0. The second-order valence-electron chi connectivity index (χ2n) is 2.98. The minimum absolute atomic E-state index is 0. The third-order valence-electron chi connectivity index (χ3n) is 1.81. The first-order valence-electron chi connectivity index (χ1n) is 4.20. The van der Waals surface area contributed by atoms with Gasteiger partial charge in [-0.3, -0.25) is 0 Å². The highest BCUT2D eigenvalue weighted by Crippen LogP contribution is 1.99. The molecule has 1 atom stereocenters. The molecular weight excluding hydrogens is 279 g/mol. The van der Waals surface area contributed by atoms with Gasteiger partial charge in [-0.15, -0.1) is 0 Å². The molecule has 0 saturated carbocycles. The lowest BCUT2D eigenvalue weighted by molar-refractivity contribution is -0.672. The van der Waals surface area contributed by atoms with Gasteiger partial charge in [0.05, 0.1) is 12.3 Å². The lowest BCUT2D eigenvalue weighted by atomic mass is 10.1. The fourth-order valence-electron chi connectivity index (χ4n) is 1.04. The Balaban J connectivity index is 0.00000144. The maximum atomic E-state index is 9.35. The van der Waals surface area contributed by atoms with Gasteiger partial charge < -0.3 is 29.1 Å². The van der Waals surface area contributed by atoms with Gasteiger partial charge in [0, 0.05) is 6.42 Å². The number of rotatable bonds is 3. The van der Waals surface area contributed by atoms with Crippen molar-refractivity contribution in [1.29, 1.82) is 0 Å². The van der Waals surface area contributed by atoms with Gasteiger partial charge in [-0.2, -0.15) is 0 Å². The average Bonchev–Trinajstić information content (AvgIpc) is 2.04. The summed E-state index contributed by atoms with van der Waals surface area (Å²) in [5, 5.41) is 9.35. The number of hydrogen-bond acceptors (Lipinski definition) is 2. The molecule has 1 unspecified atom stereocenters. The third kappa shape index (κ3) is 4.52. The Morgan fingerprint density at radius 1 is 1.62 bits per heavy atom. The highest BCUT2D eigenvalue weighted by Gasteiger charge is 2.06. The van der Waals surface area contributed by atoms with Gasteiger partial charge in [0.15, 0.2) is 12.4 Å². The second kappa shape index (κ2) is 6.26. The number of aliphatic hydroxyl groups is 1. The topological polar surface area (TPSA) is 37.0 Å². The van der Waals surface area contributed by atoms with Crippen molar-refractivity contribution in [1.82, 2.24) is 4.98 Å². The van der Waals surface area contributed by atoms with Crippen molar-refractivity contribution in [3.8, 4) is 0 Å². The van der Waals surface area contributed by atoms with Crippen molar-refractivity contribution in [2.75, 3.05) is 0 Å². The SMILES string of the molecule is CCC(O)Cc1c[n+](C)ccn1.[I-]. The molecule has 0 aliphatic heterocycles. The van der Waals surface area contributed by atoms with E-state index in [9.17, 15) is 5.11 Å². The van der Waals surface area contributed by atoms with Crippen LogP contribution in [0.2, 0.25) is 0 Å². The molecule has 0 bridgehead atoms. The molecule has 1 aromatic rings. The van der Waals surface area contributed by atoms with Gasteiger partial charge >= 0.3 is 0 Å². The van der Waals surface area contributed by atoms with Crippen LogP contribution >= 0.6 is 0 Å². The number of aliphatic hydroxyl groups excluding tert-OH is 1. The Morgan fingerprint density at radius 2 is 2.31 bits per heavy atom. The third-order valence-corrected chi connectivity index (χ3v) is 1.81. The van der Waals surface area contributed by atoms with Gasteiger partial charge in [-0.1, -0.05) is 6.92 Å². The summed E-state index contributed by atoms with van der Waals surface area (Å²) in [6.07, 6.45) is 6.71. The molecule has 0 aliphatic rings. The van der Waals surface area contributed by atoms with Crippen LogP contribution in [-0.4, -0.2) is 16.2 Å². The normalized spacial score (nSPS) is 11.9. The Labute approximate surface area is 95.8 Å². The first kappa shape index (κ1) is 12.8. The molecule has 0 spiro atoms. The molecule has 0 saturated heterocycles. The first-order chi connectivity index (χ1) is 5.72. The Hall–Kier alpha value is -0.230. The van der Waals surface area contributed by atoms with Gasteiger partial charge in [0.25, 0.3) is 0 Å². The van der Waals surface area contributed by atoms with E-state index in [2.05, 4.69) is 4.98 Å². The number of nitrogens with zero attached hydrogens (tertiary/aromatic N) is 2. The molecule has 3 nitrogen and oxygen atoms in total. The fraction of sp³-hybridized carbons (Fsp3) is 0.556. The van der Waals surface area contributed by atoms with E-state index in [1.165, 1.54) is 0 Å². The highest BCUT2D eigenvalue weighted by atomic mass is 127. The molecule has 1 rings (SSSR count). The smallest absolute Gasteiger partial charge is 0.190 e. The van der Waals surface area contributed by atoms with E-state index in [1.54, 1.807) is 6.20 Å². The lowest BCUT2D eigenvalue weighted by Crippen LogP contribution is -3.00. The first-order valence-corrected chi connectivity index (χ1v) is 4.20. The summed E-state index contributed by atoms with van der Waals surface area (Å²) >= 11 is 0. The van der Waals surface area contributed by atoms with Crippen LogP contribution in [0, 0.1) is 0 Å². The van der Waals surface area contributed by atoms with Crippen molar-refractivity contribution in [2.45, 2.75) is 25.9 Å². The summed E-state index contributed by atoms with van der Waals surface area (Å²) in [6.45, 7) is 1.97. The molecule has 0 aliphatic carbocycles. The van der Waals surface area contributed by atoms with Gasteiger partial charge in [0.2, 0.25) is 0 Å². The molecule has 74 valence electrons. The van der Waals surface area contributed by atoms with Crippen molar-refractivity contribution < 1.29 is 33.7 Å². The predicted molar refractivity (Wildman–Crippen MR) is 45.4 cm³/mol. The monoisotopic (exact) mass is 294 g/mol. The van der Waals surface area contributed by atoms with Gasteiger partial charge in [-0.05, 0) is 6.42 Å². The Morgan fingerprint density at radius 3 is 2.85 bits per heavy atom. The van der Waals surface area contributed by atoms with Crippen LogP contribution < -0.4 is 28.5 Å². The van der Waals surface area contributed by atoms with E-state index in [4.69, 9.17) is 0 Å². The molecule has 4 heteroatoms. The minimum Gasteiger partial charge on any atom is -1.00 e. The lowest BCUT2D eigenvalue weighted by Gasteiger charge is -2.04. The maximum absolute atomic E-state index is 9.35. The van der Waals surface area contributed by atoms with E-state index in [1.807, 2.05) is 30.9 Å². The molecule has 1 heterocycles. The molecule has 0 aromatic carbocycles. The van der Waals surface area contributed by atoms with Crippen molar-refractivity contribution in [3.63, 3.8) is 0 Å². The molecule has 1 N–H and O–H groups in total. The van der Waals surface area contributed by atoms with Crippen LogP contribution in [0.25, 0.3) is 0 Å². The van der Waals surface area contributed by atoms with E-state index in [0.29, 0.717) is 6.42 Å². The maximum Gasteiger partial charge on any atom is 0.190 e. The average molecular weight is 294 g/mol. The number of halogens is 1. The molecule has 0 amide bonds. The van der Waals surface area contributed by atoms with Crippen LogP contribution in [0.3, 0.4) is 0 Å². The largest absolute Gasteiger partial charge is 1.00 e. The Kier molecular flexibility index (Phi) is 6.15. The zero-order chi connectivity index (χ0) is 8.97. The summed E-state index contributed by atoms with van der Waals surface area (Å²) in [7, 11) is 1.95. The van der Waals surface area contributed by atoms with Crippen molar-refractivity contribution in [3.05, 3.63) is 24.3 Å². The summed E-state index contributed by atoms with van der Waals surface area (Å²) < 4.78 is 1.94. The number of aryl methyl sites for hydroxylation is 1. The van der Waals surface area contributed by atoms with Crippen LogP contribution in [0.15, 0.2) is 18.6 Å². The van der Waals surface area contributed by atoms with E-state index < -0.39 is 0 Å². The number of aromatic nitrogens is 2. The summed E-state index contributed by atoms with van der Waals surface area (Å²) in [4.78, 5) is 4.15. The van der Waals surface area contributed by atoms with Crippen molar-refractivity contribution in [2.24, 2.45) is 7.05 Å². The highest BCUT2D eigenvalue weighted by molar-refractivity contribution is 4.92. The van der Waals surface area contributed by atoms with E-state index >= 15 is 0 Å². The molecule has 0 radical (unpaired) electrons. The van der Waals surface area contributed by atoms with E-state index in [0.717, 1.165) is 12.1 Å². The summed E-state index contributed by atoms with van der Waals surface area (Å²) in [5.41, 5.74) is 0.939. The summed E-state index contributed by atoms with van der Waals surface area (Å²) in [5.74, 6) is 0. The Bertz CT molecular complexity index is 255. The van der Waals surface area contributed by atoms with Crippen LogP contribution in [0.1, 0.15) is 19.0 Å². The van der Waals surface area contributed by atoms with Crippen LogP contribution in [-0.2, 0) is 13.5 Å². The van der Waals surface area contributed by atoms with Crippen LogP contribution in [0.4, 0.5) is 0 Å². The van der Waals surface area contributed by atoms with Gasteiger partial charge in [0.1, 0.15) is 12.7 Å². The molecule has 13 heavy (non-hydrogen) atoms. The predicted octanol–water partition coefficient (Wildman–Crippen LogP) is -2.78. The zero-order valence-electron chi connectivity index (χ0n) is 7.94. The fourth-order valence-corrected chi connectivity index (χ4v) is 1.04. The second-order valence-corrected chi connectivity index (χ2v) is 2.98. The zero-order valence-corrected chi connectivity index (χ0v) is 10.1. The van der Waals surface area contributed by atoms with E-state index in [-0.39, 0.29) is 30.1 Å². The molecular formula is C9H15IN2O. The molecule has 1 aromatic heterocycles. The van der Waals surface area contributed by atoms with Crippen molar-refractivity contribution >= 4 is 0 Å². The molecule has 0 fully saturated rings. The number of hydrogen-bond donors (Lipinski definition) is 1. The standard InChI is InChI=1S/C9H15N2O.HI/c1-3-9(12)6-8-7-11(2)5-4-10-8;/h4-5,7,9,12H,3,6H2,1-2H3;1H/q+1;/p-1.